The minimum Gasteiger partial charge on any atom is -0.392 e. The highest BCUT2D eigenvalue weighted by Gasteiger charge is 2.18. The summed E-state index contributed by atoms with van der Waals surface area (Å²) in [5.74, 6) is 0.946. The van der Waals surface area contributed by atoms with Crippen LogP contribution >= 0.6 is 11.8 Å². The van der Waals surface area contributed by atoms with Crippen molar-refractivity contribution in [2.45, 2.75) is 24.7 Å². The van der Waals surface area contributed by atoms with Crippen LogP contribution in [0.3, 0.4) is 0 Å². The molecular weight excluding hydrogens is 108 g/mol. The van der Waals surface area contributed by atoms with Crippen LogP contribution < -0.4 is 0 Å². The molecule has 1 aliphatic heterocycles. The van der Waals surface area contributed by atoms with Gasteiger partial charge in [-0.1, -0.05) is 6.92 Å². The number of aliphatic hydroxyl groups excluding tert-OH is 1. The lowest BCUT2D eigenvalue weighted by atomic mass is 10.2. The van der Waals surface area contributed by atoms with Gasteiger partial charge in [0.2, 0.25) is 0 Å². The summed E-state index contributed by atoms with van der Waals surface area (Å²) >= 11 is 1.86. The Balaban J connectivity index is 2.26. The first-order chi connectivity index (χ1) is 3.29. The molecule has 42 valence electrons. The van der Waals surface area contributed by atoms with Gasteiger partial charge in [-0.05, 0) is 6.42 Å². The zero-order chi connectivity index (χ0) is 5.28. The highest BCUT2D eigenvalue weighted by Crippen LogP contribution is 2.25. The van der Waals surface area contributed by atoms with Crippen LogP contribution in [0.1, 0.15) is 13.3 Å². The average molecular weight is 118 g/mol. The van der Waals surface area contributed by atoms with Gasteiger partial charge in [0.1, 0.15) is 0 Å². The fourth-order valence-electron chi connectivity index (χ4n) is 0.795. The Bertz CT molecular complexity index is 57.1. The third-order valence-corrected chi connectivity index (χ3v) is 2.52. The second-order valence-corrected chi connectivity index (χ2v) is 3.50. The Hall–Kier alpha value is 0.310. The fourth-order valence-corrected chi connectivity index (χ4v) is 1.84. The summed E-state index contributed by atoms with van der Waals surface area (Å²) < 4.78 is 0. The minimum absolute atomic E-state index is 0.0139. The topological polar surface area (TPSA) is 20.2 Å². The predicted octanol–water partition coefficient (Wildman–Crippen LogP) is 0.873. The van der Waals surface area contributed by atoms with Crippen molar-refractivity contribution in [1.82, 2.24) is 0 Å². The lowest BCUT2D eigenvalue weighted by molar-refractivity contribution is 0.197. The van der Waals surface area contributed by atoms with E-state index in [2.05, 4.69) is 6.92 Å². The van der Waals surface area contributed by atoms with Crippen LogP contribution in [-0.2, 0) is 0 Å². The monoisotopic (exact) mass is 118 g/mol. The van der Waals surface area contributed by atoms with Crippen molar-refractivity contribution in [3.63, 3.8) is 0 Å². The Morgan fingerprint density at radius 3 is 2.57 bits per heavy atom. The van der Waals surface area contributed by atoms with Gasteiger partial charge in [0, 0.05) is 11.0 Å². The Morgan fingerprint density at radius 1 is 1.71 bits per heavy atom. The summed E-state index contributed by atoms with van der Waals surface area (Å²) in [6, 6.07) is 0. The van der Waals surface area contributed by atoms with Gasteiger partial charge in [0.25, 0.3) is 0 Å². The highest BCUT2D eigenvalue weighted by molar-refractivity contribution is 8.00. The first-order valence-corrected chi connectivity index (χ1v) is 3.63. The molecule has 1 aliphatic rings. The Labute approximate surface area is 48.1 Å². The molecule has 1 N–H and O–H groups in total. The largest absolute Gasteiger partial charge is 0.392 e. The number of hydrogen-bond donors (Lipinski definition) is 1. The predicted molar refractivity (Wildman–Crippen MR) is 32.5 cm³/mol. The second kappa shape index (κ2) is 2.05. The number of rotatable bonds is 0. The van der Waals surface area contributed by atoms with E-state index in [1.165, 1.54) is 0 Å². The maximum Gasteiger partial charge on any atom is 0.0641 e. The van der Waals surface area contributed by atoms with Crippen LogP contribution in [-0.4, -0.2) is 22.2 Å². The molecule has 1 saturated heterocycles. The Morgan fingerprint density at radius 2 is 2.43 bits per heavy atom. The maximum atomic E-state index is 8.88. The van der Waals surface area contributed by atoms with Gasteiger partial charge in [-0.25, -0.2) is 0 Å². The number of thioether (sulfide) groups is 1. The normalized spacial score (nSPS) is 42.0. The van der Waals surface area contributed by atoms with Gasteiger partial charge < -0.3 is 5.11 Å². The molecule has 0 bridgehead atoms. The molecule has 2 atom stereocenters. The molecule has 2 heteroatoms. The molecule has 0 amide bonds. The van der Waals surface area contributed by atoms with Crippen LogP contribution in [0.25, 0.3) is 0 Å². The molecule has 2 unspecified atom stereocenters. The molecule has 0 aromatic carbocycles. The van der Waals surface area contributed by atoms with Crippen molar-refractivity contribution >= 4 is 11.8 Å². The summed E-state index contributed by atoms with van der Waals surface area (Å²) in [7, 11) is 0. The third kappa shape index (κ3) is 1.35. The SMILES string of the molecule is CC1CC(O)CS1. The number of aliphatic hydroxyl groups is 1. The molecule has 1 nitrogen and oxygen atoms in total. The van der Waals surface area contributed by atoms with E-state index in [-0.39, 0.29) is 6.10 Å². The van der Waals surface area contributed by atoms with E-state index in [9.17, 15) is 0 Å². The zero-order valence-electron chi connectivity index (χ0n) is 4.42. The van der Waals surface area contributed by atoms with Crippen LogP contribution in [0, 0.1) is 0 Å². The van der Waals surface area contributed by atoms with E-state index >= 15 is 0 Å². The summed E-state index contributed by atoms with van der Waals surface area (Å²) in [6.07, 6.45) is 0.977. The van der Waals surface area contributed by atoms with Gasteiger partial charge >= 0.3 is 0 Å². The molecule has 0 aromatic heterocycles. The molecule has 1 heterocycles. The maximum absolute atomic E-state index is 8.88. The van der Waals surface area contributed by atoms with Gasteiger partial charge in [0.15, 0.2) is 0 Å². The molecule has 7 heavy (non-hydrogen) atoms. The lowest BCUT2D eigenvalue weighted by Gasteiger charge is -1.94. The van der Waals surface area contributed by atoms with E-state index < -0.39 is 0 Å². The minimum atomic E-state index is -0.0139. The molecule has 1 fully saturated rings. The van der Waals surface area contributed by atoms with E-state index in [0.717, 1.165) is 12.2 Å². The van der Waals surface area contributed by atoms with Gasteiger partial charge in [-0.2, -0.15) is 11.8 Å². The lowest BCUT2D eigenvalue weighted by Crippen LogP contribution is -2.03. The zero-order valence-corrected chi connectivity index (χ0v) is 5.24. The second-order valence-electron chi connectivity index (χ2n) is 2.03. The van der Waals surface area contributed by atoms with E-state index in [0.29, 0.717) is 5.25 Å². The quantitative estimate of drug-likeness (QED) is 0.509. The van der Waals surface area contributed by atoms with Gasteiger partial charge in [0.05, 0.1) is 6.10 Å². The fraction of sp³-hybridized carbons (Fsp3) is 1.00. The molecule has 0 aliphatic carbocycles. The average Bonchev–Trinajstić information content (AvgIpc) is 1.87. The molecule has 1 rings (SSSR count). The first kappa shape index (κ1) is 5.45. The molecular formula is C5H10OS. The van der Waals surface area contributed by atoms with E-state index in [1.807, 2.05) is 11.8 Å². The van der Waals surface area contributed by atoms with Crippen molar-refractivity contribution in [1.29, 1.82) is 0 Å². The van der Waals surface area contributed by atoms with Gasteiger partial charge in [-0.15, -0.1) is 0 Å². The molecule has 0 aromatic rings. The van der Waals surface area contributed by atoms with E-state index in [1.54, 1.807) is 0 Å². The molecule has 0 radical (unpaired) electrons. The van der Waals surface area contributed by atoms with Crippen molar-refractivity contribution in [2.75, 3.05) is 5.75 Å². The summed E-state index contributed by atoms with van der Waals surface area (Å²) in [5, 5.41) is 9.57. The van der Waals surface area contributed by atoms with Crippen molar-refractivity contribution < 1.29 is 5.11 Å². The van der Waals surface area contributed by atoms with Crippen molar-refractivity contribution in [3.05, 3.63) is 0 Å². The third-order valence-electron chi connectivity index (χ3n) is 1.18. The van der Waals surface area contributed by atoms with Crippen LogP contribution in [0.2, 0.25) is 0 Å². The number of hydrogen-bond acceptors (Lipinski definition) is 2. The molecule has 0 saturated carbocycles. The molecule has 0 spiro atoms. The summed E-state index contributed by atoms with van der Waals surface area (Å²) in [5.41, 5.74) is 0. The standard InChI is InChI=1S/C5H10OS/c1-4-2-5(6)3-7-4/h4-6H,2-3H2,1H3. The van der Waals surface area contributed by atoms with Crippen molar-refractivity contribution in [2.24, 2.45) is 0 Å². The first-order valence-electron chi connectivity index (χ1n) is 2.58. The smallest absolute Gasteiger partial charge is 0.0641 e. The van der Waals surface area contributed by atoms with Gasteiger partial charge in [-0.3, -0.25) is 0 Å². The highest BCUT2D eigenvalue weighted by atomic mass is 32.2. The van der Waals surface area contributed by atoms with Crippen LogP contribution in [0.4, 0.5) is 0 Å². The van der Waals surface area contributed by atoms with Crippen LogP contribution in [0.15, 0.2) is 0 Å². The van der Waals surface area contributed by atoms with E-state index in [4.69, 9.17) is 5.11 Å². The van der Waals surface area contributed by atoms with Crippen LogP contribution in [0.5, 0.6) is 0 Å². The Kier molecular flexibility index (Phi) is 1.60. The summed E-state index contributed by atoms with van der Waals surface area (Å²) in [4.78, 5) is 0. The summed E-state index contributed by atoms with van der Waals surface area (Å²) in [6.45, 7) is 2.15. The van der Waals surface area contributed by atoms with Crippen molar-refractivity contribution in [3.8, 4) is 0 Å².